The van der Waals surface area contributed by atoms with E-state index < -0.39 is 0 Å². The predicted octanol–water partition coefficient (Wildman–Crippen LogP) is 17.0. The molecule has 2 heterocycles. The van der Waals surface area contributed by atoms with Gasteiger partial charge in [0.15, 0.2) is 5.82 Å². The first-order chi connectivity index (χ1) is 32.2. The van der Waals surface area contributed by atoms with Crippen molar-refractivity contribution in [1.29, 1.82) is 0 Å². The average Bonchev–Trinajstić information content (AvgIpc) is 3.78. The van der Waals surface area contributed by atoms with Gasteiger partial charge in [0.1, 0.15) is 11.2 Å². The highest BCUT2D eigenvalue weighted by molar-refractivity contribution is 6.26. The van der Waals surface area contributed by atoms with E-state index in [1.807, 2.05) is 24.3 Å². The molecule has 65 heavy (non-hydrogen) atoms. The Morgan fingerprint density at radius 2 is 0.692 bits per heavy atom. The molecule has 0 saturated carbocycles. The van der Waals surface area contributed by atoms with Crippen LogP contribution in [-0.4, -0.2) is 9.97 Å². The van der Waals surface area contributed by atoms with Crippen LogP contribution in [0.5, 0.6) is 0 Å². The van der Waals surface area contributed by atoms with E-state index in [1.165, 1.54) is 37.9 Å². The summed E-state index contributed by atoms with van der Waals surface area (Å²) in [6.45, 7) is 0. The zero-order chi connectivity index (χ0) is 42.8. The van der Waals surface area contributed by atoms with Gasteiger partial charge in [-0.05, 0) is 95.9 Å². The minimum Gasteiger partial charge on any atom is -0.455 e. The van der Waals surface area contributed by atoms with Crippen molar-refractivity contribution < 1.29 is 4.42 Å². The molecular formula is C62H38N2O. The van der Waals surface area contributed by atoms with E-state index in [-0.39, 0.29) is 0 Å². The normalized spacial score (nSPS) is 11.7. The van der Waals surface area contributed by atoms with Gasteiger partial charge in [0.2, 0.25) is 0 Å². The molecule has 13 aromatic rings. The largest absolute Gasteiger partial charge is 0.455 e. The molecule has 0 amide bonds. The van der Waals surface area contributed by atoms with Crippen molar-refractivity contribution in [1.82, 2.24) is 9.97 Å². The van der Waals surface area contributed by atoms with Gasteiger partial charge in [-0.15, -0.1) is 0 Å². The number of hydrogen-bond acceptors (Lipinski definition) is 3. The van der Waals surface area contributed by atoms with E-state index >= 15 is 0 Å². The predicted molar refractivity (Wildman–Crippen MR) is 272 cm³/mol. The highest BCUT2D eigenvalue weighted by Crippen LogP contribution is 2.44. The van der Waals surface area contributed by atoms with Crippen molar-refractivity contribution in [3.05, 3.63) is 231 Å². The van der Waals surface area contributed by atoms with Crippen LogP contribution >= 0.6 is 0 Å². The Balaban J connectivity index is 0.931. The number of rotatable bonds is 6. The first kappa shape index (κ1) is 36.9. The van der Waals surface area contributed by atoms with Crippen LogP contribution in [0.1, 0.15) is 0 Å². The molecule has 0 radical (unpaired) electrons. The van der Waals surface area contributed by atoms with Crippen LogP contribution in [-0.2, 0) is 0 Å². The van der Waals surface area contributed by atoms with Gasteiger partial charge in [0.05, 0.1) is 11.4 Å². The van der Waals surface area contributed by atoms with Crippen LogP contribution in [0.3, 0.4) is 0 Å². The van der Waals surface area contributed by atoms with Crippen LogP contribution in [0, 0.1) is 0 Å². The van der Waals surface area contributed by atoms with Gasteiger partial charge < -0.3 is 4.42 Å². The third-order valence-electron chi connectivity index (χ3n) is 13.1. The lowest BCUT2D eigenvalue weighted by molar-refractivity contribution is 0.674. The molecular weight excluding hydrogens is 789 g/mol. The molecule has 0 aliphatic carbocycles. The number of para-hydroxylation sites is 1. The van der Waals surface area contributed by atoms with E-state index in [1.54, 1.807) is 0 Å². The van der Waals surface area contributed by atoms with Gasteiger partial charge in [0.25, 0.3) is 0 Å². The number of nitrogens with zero attached hydrogens (tertiary/aromatic N) is 2. The molecule has 0 N–H and O–H groups in total. The zero-order valence-electron chi connectivity index (χ0n) is 35.2. The molecule has 0 atom stereocenters. The summed E-state index contributed by atoms with van der Waals surface area (Å²) in [5.74, 6) is 0.704. The van der Waals surface area contributed by atoms with E-state index in [0.29, 0.717) is 5.82 Å². The smallest absolute Gasteiger partial charge is 0.160 e. The third kappa shape index (κ3) is 6.20. The molecule has 13 rings (SSSR count). The Labute approximate surface area is 375 Å². The van der Waals surface area contributed by atoms with Crippen molar-refractivity contribution in [2.45, 2.75) is 0 Å². The molecule has 0 spiro atoms. The summed E-state index contributed by atoms with van der Waals surface area (Å²) in [4.78, 5) is 10.1. The summed E-state index contributed by atoms with van der Waals surface area (Å²) in [6.07, 6.45) is 0. The van der Waals surface area contributed by atoms with Gasteiger partial charge in [-0.1, -0.05) is 200 Å². The molecule has 0 bridgehead atoms. The Bertz CT molecular complexity index is 3910. The molecule has 302 valence electrons. The standard InChI is InChI=1S/C62H38N2O/c1-3-16-39(17-4-1)58-38-59(64-62(63-58)40-18-5-2-6-19-40)45-23-14-21-42(35-45)41-20-13-22-43(34-41)55-37-57-54-31-15-30-46(60(54)65-61(57)53-29-12-11-28-51(53)55)44-32-33-52-49-26-8-7-24-47(49)48-25-9-10-27-50(48)56(52)36-44/h1-38H. The number of aromatic nitrogens is 2. The SMILES string of the molecule is c1ccc(-c2cc(-c3cccc(-c4cccc(-c5cc6c7cccc(-c8ccc9c%10ccccc%10c%10ccccc%10c9c8)c7oc6c6ccccc56)c4)c3)nc(-c3ccccc3)n2)cc1. The van der Waals surface area contributed by atoms with E-state index in [0.717, 1.165) is 88.6 Å². The highest BCUT2D eigenvalue weighted by Gasteiger charge is 2.19. The first-order valence-corrected chi connectivity index (χ1v) is 22.1. The van der Waals surface area contributed by atoms with Gasteiger partial charge in [-0.3, -0.25) is 0 Å². The Morgan fingerprint density at radius 3 is 1.38 bits per heavy atom. The topological polar surface area (TPSA) is 38.9 Å². The molecule has 0 saturated heterocycles. The number of furan rings is 1. The van der Waals surface area contributed by atoms with E-state index in [4.69, 9.17) is 14.4 Å². The van der Waals surface area contributed by atoms with Crippen LogP contribution in [0.2, 0.25) is 0 Å². The van der Waals surface area contributed by atoms with Crippen LogP contribution in [0.25, 0.3) is 132 Å². The molecule has 11 aromatic carbocycles. The first-order valence-electron chi connectivity index (χ1n) is 22.1. The quantitative estimate of drug-likeness (QED) is 0.157. The molecule has 0 aliphatic rings. The third-order valence-corrected chi connectivity index (χ3v) is 13.1. The molecule has 2 aromatic heterocycles. The van der Waals surface area contributed by atoms with Crippen molar-refractivity contribution in [2.24, 2.45) is 0 Å². The Kier molecular flexibility index (Phi) is 8.53. The lowest BCUT2D eigenvalue weighted by Gasteiger charge is -2.12. The van der Waals surface area contributed by atoms with Gasteiger partial charge >= 0.3 is 0 Å². The summed E-state index contributed by atoms with van der Waals surface area (Å²) in [6, 6.07) is 82.2. The number of benzene rings is 11. The Morgan fingerprint density at radius 1 is 0.231 bits per heavy atom. The fraction of sp³-hybridized carbons (Fsp3) is 0. The van der Waals surface area contributed by atoms with E-state index in [2.05, 4.69) is 206 Å². The fourth-order valence-corrected chi connectivity index (χ4v) is 9.95. The molecule has 0 aliphatic heterocycles. The van der Waals surface area contributed by atoms with Gasteiger partial charge in [-0.25, -0.2) is 9.97 Å². The minimum atomic E-state index is 0.704. The van der Waals surface area contributed by atoms with Crippen LogP contribution in [0.15, 0.2) is 235 Å². The molecule has 0 unspecified atom stereocenters. The zero-order valence-corrected chi connectivity index (χ0v) is 35.2. The molecule has 0 fully saturated rings. The summed E-state index contributed by atoms with van der Waals surface area (Å²) in [5, 5.41) is 12.0. The molecule has 3 heteroatoms. The van der Waals surface area contributed by atoms with Crippen molar-refractivity contribution >= 4 is 65.0 Å². The second kappa shape index (κ2) is 15.0. The van der Waals surface area contributed by atoms with Gasteiger partial charge in [0, 0.05) is 38.4 Å². The monoisotopic (exact) mass is 826 g/mol. The number of fused-ring (bicyclic) bond motifs is 11. The maximum absolute atomic E-state index is 7.02. The maximum atomic E-state index is 7.02. The van der Waals surface area contributed by atoms with Crippen molar-refractivity contribution in [2.75, 3.05) is 0 Å². The number of hydrogen-bond donors (Lipinski definition) is 0. The van der Waals surface area contributed by atoms with Crippen LogP contribution < -0.4 is 0 Å². The van der Waals surface area contributed by atoms with E-state index in [9.17, 15) is 0 Å². The van der Waals surface area contributed by atoms with Gasteiger partial charge in [-0.2, -0.15) is 0 Å². The van der Waals surface area contributed by atoms with Crippen molar-refractivity contribution in [3.8, 4) is 67.3 Å². The lowest BCUT2D eigenvalue weighted by atomic mass is 9.91. The Hall–Kier alpha value is -8.66. The maximum Gasteiger partial charge on any atom is 0.160 e. The van der Waals surface area contributed by atoms with Crippen LogP contribution in [0.4, 0.5) is 0 Å². The minimum absolute atomic E-state index is 0.704. The summed E-state index contributed by atoms with van der Waals surface area (Å²) >= 11 is 0. The fourth-order valence-electron chi connectivity index (χ4n) is 9.95. The summed E-state index contributed by atoms with van der Waals surface area (Å²) < 4.78 is 7.02. The lowest BCUT2D eigenvalue weighted by Crippen LogP contribution is -1.96. The second-order valence-corrected chi connectivity index (χ2v) is 16.8. The molecule has 3 nitrogen and oxygen atoms in total. The summed E-state index contributed by atoms with van der Waals surface area (Å²) in [7, 11) is 0. The summed E-state index contributed by atoms with van der Waals surface area (Å²) in [5.41, 5.74) is 13.4. The highest BCUT2D eigenvalue weighted by atomic mass is 16.3. The van der Waals surface area contributed by atoms with Crippen molar-refractivity contribution in [3.63, 3.8) is 0 Å². The second-order valence-electron chi connectivity index (χ2n) is 16.8. The average molecular weight is 827 g/mol.